The maximum Gasteiger partial charge on any atom is 1.00 e. The Morgan fingerprint density at radius 2 is 1.60 bits per heavy atom. The molecule has 0 fully saturated rings. The number of carbonyl (C=O) groups excluding carboxylic acids is 4. The first kappa shape index (κ1) is 35.6. The van der Waals surface area contributed by atoms with Crippen molar-refractivity contribution < 1.29 is 86.8 Å². The van der Waals surface area contributed by atoms with Gasteiger partial charge in [-0.25, -0.2) is 4.98 Å². The van der Waals surface area contributed by atoms with E-state index in [2.05, 4.69) is 31.4 Å². The molecule has 1 aliphatic rings. The summed E-state index contributed by atoms with van der Waals surface area (Å²) in [5.74, 6) is -0.237. The second kappa shape index (κ2) is 15.6. The van der Waals surface area contributed by atoms with E-state index in [1.807, 2.05) is 19.1 Å². The van der Waals surface area contributed by atoms with Crippen molar-refractivity contribution >= 4 is 58.5 Å². The van der Waals surface area contributed by atoms with Crippen LogP contribution in [0.15, 0.2) is 42.5 Å². The van der Waals surface area contributed by atoms with Crippen molar-refractivity contribution in [2.24, 2.45) is 11.5 Å². The molecule has 0 spiro atoms. The van der Waals surface area contributed by atoms with E-state index in [-0.39, 0.29) is 107 Å². The molecule has 3 amide bonds. The number of allylic oxidation sites excluding steroid dienone is 2. The van der Waals surface area contributed by atoms with Crippen LogP contribution >= 0.6 is 0 Å². The van der Waals surface area contributed by atoms with Crippen molar-refractivity contribution in [3.8, 4) is 11.5 Å². The molecule has 6 rings (SSSR count). The molecule has 1 aliphatic heterocycles. The summed E-state index contributed by atoms with van der Waals surface area (Å²) in [6.45, 7) is 4.30. The van der Waals surface area contributed by atoms with Gasteiger partial charge in [0.15, 0.2) is 5.75 Å². The van der Waals surface area contributed by atoms with Gasteiger partial charge < -0.3 is 45.2 Å². The molecular weight excluding hydrogens is 682 g/mol. The summed E-state index contributed by atoms with van der Waals surface area (Å²) in [7, 11) is 1.50. The van der Waals surface area contributed by atoms with E-state index < -0.39 is 11.8 Å². The fourth-order valence-electron chi connectivity index (χ4n) is 5.15. The normalized spacial score (nSPS) is 12.9. The van der Waals surface area contributed by atoms with Crippen LogP contribution in [0.1, 0.15) is 43.8 Å². The smallest absolute Gasteiger partial charge is 0.461 e. The molecule has 4 heterocycles. The van der Waals surface area contributed by atoms with Gasteiger partial charge in [-0.1, -0.05) is 12.2 Å². The molecular formula is C30H31N10O6Rb. The number of hydrogen-bond donors (Lipinski definition) is 4. The largest absolute Gasteiger partial charge is 1.00 e. The molecule has 6 N–H and O–H groups in total. The number of amides is 3. The number of carbonyl (C=O) groups is 3. The number of nitrogens with two attached hydrogens (primary N) is 2. The van der Waals surface area contributed by atoms with Crippen LogP contribution in [0.3, 0.4) is 0 Å². The Morgan fingerprint density at radius 3 is 2.21 bits per heavy atom. The van der Waals surface area contributed by atoms with E-state index in [4.69, 9.17) is 15.2 Å². The minimum Gasteiger partial charge on any atom is -0.461 e. The van der Waals surface area contributed by atoms with Gasteiger partial charge in [0.2, 0.25) is 18.6 Å². The summed E-state index contributed by atoms with van der Waals surface area (Å²) in [5, 5.41) is 9.68. The fraction of sp³-hybridized carbons (Fsp3) is 0.233. The van der Waals surface area contributed by atoms with Crippen molar-refractivity contribution in [2.75, 3.05) is 24.5 Å². The van der Waals surface area contributed by atoms with Crippen molar-refractivity contribution in [1.82, 2.24) is 28.9 Å². The topological polar surface area (TPSA) is 216 Å². The number of aromatic nitrogens is 6. The molecule has 0 bridgehead atoms. The SMILES string of the molecule is CCn1nc(C)cc1C(=O)Nc1nc2cc(C(N)=O)cc3c2n1C/C=C/Cn1c(N[C-]=O)nc2cc(C=O)cc(c21)OCO3.CN.[Rb+]. The Labute approximate surface area is 317 Å². The van der Waals surface area contributed by atoms with Crippen LogP contribution in [-0.4, -0.2) is 67.2 Å². The van der Waals surface area contributed by atoms with Crippen LogP contribution in [0.4, 0.5) is 11.9 Å². The molecule has 17 heteroatoms. The molecule has 0 unspecified atom stereocenters. The van der Waals surface area contributed by atoms with Gasteiger partial charge >= 0.3 is 58.2 Å². The number of ether oxygens (including phenoxy) is 2. The van der Waals surface area contributed by atoms with Crippen LogP contribution in [0.5, 0.6) is 11.5 Å². The van der Waals surface area contributed by atoms with Gasteiger partial charge in [0.05, 0.1) is 34.6 Å². The van der Waals surface area contributed by atoms with Crippen molar-refractivity contribution in [3.05, 3.63) is 65.0 Å². The quantitative estimate of drug-likeness (QED) is 0.0707. The Balaban J connectivity index is 0.00000164. The molecule has 2 aromatic carbocycles. The number of nitrogens with zero attached hydrogens (tertiary/aromatic N) is 6. The fourth-order valence-corrected chi connectivity index (χ4v) is 5.15. The second-order valence-electron chi connectivity index (χ2n) is 9.85. The molecule has 5 aromatic rings. The molecule has 0 aliphatic carbocycles. The number of aldehydes is 1. The summed E-state index contributed by atoms with van der Waals surface area (Å²) in [4.78, 5) is 57.5. The van der Waals surface area contributed by atoms with E-state index >= 15 is 0 Å². The standard InChI is InChI=1S/C29H26N9O6.CH5N.Rb/c1-3-38-21(8-16(2)35-38)27(42)34-29-33-20-11-18(26(30)41)12-23-25(20)37(29)7-5-4-6-36-24-19(32-28(36)31-14-40)9-17(13-39)10-22(24)43-15-44-23;1-2;/h4-5,8-13H,3,6-7,15H2,1-2H3,(H2,30,41)(H,31,32,40)(H,33,34,42);2H2,1H3;/q-1;;+1/b5-4+;;. The average molecular weight is 713 g/mol. The molecule has 0 saturated heterocycles. The summed E-state index contributed by atoms with van der Waals surface area (Å²) in [6, 6.07) is 7.77. The number of rotatable bonds is 7. The van der Waals surface area contributed by atoms with Crippen LogP contribution in [-0.2, 0) is 24.4 Å². The van der Waals surface area contributed by atoms with E-state index in [1.54, 1.807) is 39.3 Å². The minimum absolute atomic E-state index is 0. The molecule has 0 radical (unpaired) electrons. The molecule has 0 saturated carbocycles. The van der Waals surface area contributed by atoms with Gasteiger partial charge in [-0.15, -0.1) is 0 Å². The summed E-state index contributed by atoms with van der Waals surface area (Å²) >= 11 is 0. The van der Waals surface area contributed by atoms with E-state index in [0.29, 0.717) is 51.8 Å². The van der Waals surface area contributed by atoms with Crippen LogP contribution in [0, 0.1) is 6.92 Å². The third-order valence-electron chi connectivity index (χ3n) is 7.05. The third kappa shape index (κ3) is 7.21. The molecule has 0 atom stereocenters. The van der Waals surface area contributed by atoms with E-state index in [1.165, 1.54) is 25.2 Å². The van der Waals surface area contributed by atoms with Crippen molar-refractivity contribution in [2.45, 2.75) is 33.5 Å². The van der Waals surface area contributed by atoms with E-state index in [9.17, 15) is 19.2 Å². The van der Waals surface area contributed by atoms with Gasteiger partial charge in [0.1, 0.15) is 23.2 Å². The predicted octanol–water partition coefficient (Wildman–Crippen LogP) is -0.882. The van der Waals surface area contributed by atoms with Gasteiger partial charge in [0.25, 0.3) is 5.91 Å². The van der Waals surface area contributed by atoms with Crippen LogP contribution < -0.4 is 89.8 Å². The van der Waals surface area contributed by atoms with Gasteiger partial charge in [-0.2, -0.15) is 5.10 Å². The Morgan fingerprint density at radius 1 is 0.979 bits per heavy atom. The Bertz CT molecular complexity index is 2010. The summed E-state index contributed by atoms with van der Waals surface area (Å²) in [6.07, 6.45) is 5.95. The summed E-state index contributed by atoms with van der Waals surface area (Å²) < 4.78 is 17.0. The van der Waals surface area contributed by atoms with Gasteiger partial charge in [0, 0.05) is 30.8 Å². The van der Waals surface area contributed by atoms with Crippen molar-refractivity contribution in [1.29, 1.82) is 0 Å². The monoisotopic (exact) mass is 712 g/mol. The number of imidazole rings is 2. The number of anilines is 2. The van der Waals surface area contributed by atoms with Gasteiger partial charge in [-0.3, -0.25) is 24.4 Å². The second-order valence-corrected chi connectivity index (χ2v) is 9.85. The Hall–Kier alpha value is -4.22. The first-order valence-corrected chi connectivity index (χ1v) is 14.1. The van der Waals surface area contributed by atoms with Gasteiger partial charge in [-0.05, 0) is 51.2 Å². The molecule has 238 valence electrons. The van der Waals surface area contributed by atoms with Crippen molar-refractivity contribution in [3.63, 3.8) is 0 Å². The van der Waals surface area contributed by atoms with Crippen LogP contribution in [0.2, 0.25) is 0 Å². The zero-order chi connectivity index (χ0) is 33.0. The minimum atomic E-state index is -0.700. The Kier molecular flexibility index (Phi) is 11.8. The average Bonchev–Trinajstić information content (AvgIpc) is 3.72. The van der Waals surface area contributed by atoms with E-state index in [0.717, 1.165) is 0 Å². The maximum atomic E-state index is 13.4. The molecule has 3 aromatic heterocycles. The zero-order valence-corrected chi connectivity index (χ0v) is 31.2. The first-order chi connectivity index (χ1) is 22.3. The third-order valence-corrected chi connectivity index (χ3v) is 7.05. The number of benzene rings is 2. The number of aryl methyl sites for hydroxylation is 2. The molecule has 47 heavy (non-hydrogen) atoms. The molecule has 16 nitrogen and oxygen atoms in total. The summed E-state index contributed by atoms with van der Waals surface area (Å²) in [5.41, 5.74) is 13.3. The number of nitrogens with one attached hydrogen (secondary N) is 2. The maximum absolute atomic E-state index is 13.4. The predicted molar refractivity (Wildman–Crippen MR) is 169 cm³/mol. The number of primary amides is 1. The zero-order valence-electron chi connectivity index (χ0n) is 26.2. The number of hydrogen-bond acceptors (Lipinski definition) is 10. The van der Waals surface area contributed by atoms with Crippen LogP contribution in [0.25, 0.3) is 22.1 Å². The first-order valence-electron chi connectivity index (χ1n) is 14.1.